The Morgan fingerprint density at radius 3 is 2.89 bits per heavy atom. The Morgan fingerprint density at radius 1 is 1.47 bits per heavy atom. The van der Waals surface area contributed by atoms with Crippen LogP contribution >= 0.6 is 23.2 Å². The first-order chi connectivity index (χ1) is 8.97. The molecule has 1 saturated heterocycles. The number of hydrogen-bond acceptors (Lipinski definition) is 3. The van der Waals surface area contributed by atoms with Crippen LogP contribution in [0.2, 0.25) is 10.2 Å². The third-order valence-corrected chi connectivity index (χ3v) is 4.09. The van der Waals surface area contributed by atoms with E-state index >= 15 is 0 Å². The number of carbonyl (C=O) groups excluding carboxylic acids is 1. The summed E-state index contributed by atoms with van der Waals surface area (Å²) in [7, 11) is 2.10. The van der Waals surface area contributed by atoms with Gasteiger partial charge in [-0.1, -0.05) is 23.2 Å². The molecule has 0 spiro atoms. The lowest BCUT2D eigenvalue weighted by atomic mass is 9.99. The molecule has 19 heavy (non-hydrogen) atoms. The fourth-order valence-corrected chi connectivity index (χ4v) is 2.59. The van der Waals surface area contributed by atoms with Crippen LogP contribution in [0.4, 0.5) is 0 Å². The number of nitrogens with zero attached hydrogens (tertiary/aromatic N) is 2. The van der Waals surface area contributed by atoms with Gasteiger partial charge >= 0.3 is 0 Å². The first-order valence-corrected chi connectivity index (χ1v) is 7.06. The predicted molar refractivity (Wildman–Crippen MR) is 76.8 cm³/mol. The number of halogens is 2. The zero-order valence-electron chi connectivity index (χ0n) is 11.0. The minimum Gasteiger partial charge on any atom is -0.348 e. The lowest BCUT2D eigenvalue weighted by Gasteiger charge is -2.35. The molecule has 1 aromatic rings. The van der Waals surface area contributed by atoms with Gasteiger partial charge in [-0.3, -0.25) is 4.79 Å². The van der Waals surface area contributed by atoms with Gasteiger partial charge in [0.2, 0.25) is 0 Å². The highest BCUT2D eigenvalue weighted by Crippen LogP contribution is 2.19. The van der Waals surface area contributed by atoms with Crippen LogP contribution in [-0.2, 0) is 0 Å². The maximum atomic E-state index is 12.1. The van der Waals surface area contributed by atoms with Crippen molar-refractivity contribution in [2.75, 3.05) is 13.6 Å². The van der Waals surface area contributed by atoms with E-state index in [0.717, 1.165) is 19.4 Å². The second kappa shape index (κ2) is 6.07. The van der Waals surface area contributed by atoms with Crippen LogP contribution < -0.4 is 5.32 Å². The molecular weight excluding hydrogens is 285 g/mol. The summed E-state index contributed by atoms with van der Waals surface area (Å²) in [5.41, 5.74) is 0.195. The van der Waals surface area contributed by atoms with Gasteiger partial charge in [0.05, 0.1) is 5.02 Å². The van der Waals surface area contributed by atoms with E-state index in [1.54, 1.807) is 12.1 Å². The van der Waals surface area contributed by atoms with Crippen molar-refractivity contribution in [1.82, 2.24) is 15.2 Å². The highest BCUT2D eigenvalue weighted by atomic mass is 35.5. The molecule has 4 nitrogen and oxygen atoms in total. The average Bonchev–Trinajstić information content (AvgIpc) is 2.36. The normalized spacial score (nSPS) is 24.2. The van der Waals surface area contributed by atoms with Gasteiger partial charge in [-0.2, -0.15) is 0 Å². The van der Waals surface area contributed by atoms with E-state index in [4.69, 9.17) is 23.2 Å². The topological polar surface area (TPSA) is 45.2 Å². The fourth-order valence-electron chi connectivity index (χ4n) is 2.25. The molecule has 0 aliphatic carbocycles. The molecule has 0 saturated carbocycles. The summed E-state index contributed by atoms with van der Waals surface area (Å²) in [6, 6.07) is 3.78. The Hall–Kier alpha value is -0.840. The quantitative estimate of drug-likeness (QED) is 0.854. The minimum atomic E-state index is -0.255. The van der Waals surface area contributed by atoms with E-state index in [1.165, 1.54) is 0 Å². The summed E-state index contributed by atoms with van der Waals surface area (Å²) in [5.74, 6) is -0.255. The molecule has 1 N–H and O–H groups in total. The van der Waals surface area contributed by atoms with Crippen LogP contribution in [0.25, 0.3) is 0 Å². The Kier molecular flexibility index (Phi) is 4.66. The molecule has 1 aliphatic rings. The molecule has 2 unspecified atom stereocenters. The molecule has 0 aromatic carbocycles. The van der Waals surface area contributed by atoms with Crippen molar-refractivity contribution in [2.24, 2.45) is 0 Å². The predicted octanol–water partition coefficient (Wildman–Crippen LogP) is 2.60. The largest absolute Gasteiger partial charge is 0.348 e. The van der Waals surface area contributed by atoms with Gasteiger partial charge in [0.15, 0.2) is 0 Å². The van der Waals surface area contributed by atoms with Gasteiger partial charge in [-0.05, 0) is 38.9 Å². The van der Waals surface area contributed by atoms with Gasteiger partial charge in [-0.15, -0.1) is 0 Å². The highest BCUT2D eigenvalue weighted by molar-refractivity contribution is 6.34. The van der Waals surface area contributed by atoms with Crippen LogP contribution in [0.1, 0.15) is 30.3 Å². The fraction of sp³-hybridized carbons (Fsp3) is 0.538. The van der Waals surface area contributed by atoms with Crippen LogP contribution in [0.15, 0.2) is 12.1 Å². The second-order valence-electron chi connectivity index (χ2n) is 4.99. The van der Waals surface area contributed by atoms with Crippen LogP contribution in [0, 0.1) is 0 Å². The Labute approximate surface area is 123 Å². The summed E-state index contributed by atoms with van der Waals surface area (Å²) in [4.78, 5) is 18.4. The van der Waals surface area contributed by atoms with Crippen LogP contribution in [0.3, 0.4) is 0 Å². The summed E-state index contributed by atoms with van der Waals surface area (Å²) in [6.45, 7) is 3.13. The number of pyridine rings is 1. The smallest absolute Gasteiger partial charge is 0.271 e. The van der Waals surface area contributed by atoms with Gasteiger partial charge in [-0.25, -0.2) is 4.98 Å². The van der Waals surface area contributed by atoms with Crippen molar-refractivity contribution in [2.45, 2.75) is 31.8 Å². The standard InChI is InChI=1S/C13H17Cl2N3O/c1-8-7-9(5-6-18(8)2)16-13(19)12-10(14)3-4-11(15)17-12/h3-4,8-9H,5-7H2,1-2H3,(H,16,19). The first kappa shape index (κ1) is 14.6. The molecule has 0 radical (unpaired) electrons. The maximum Gasteiger partial charge on any atom is 0.271 e. The average molecular weight is 302 g/mol. The van der Waals surface area contributed by atoms with E-state index in [0.29, 0.717) is 11.1 Å². The summed E-state index contributed by atoms with van der Waals surface area (Å²) >= 11 is 11.8. The minimum absolute atomic E-state index is 0.163. The molecule has 1 fully saturated rings. The number of likely N-dealkylation sites (tertiary alicyclic amines) is 1. The maximum absolute atomic E-state index is 12.1. The molecule has 6 heteroatoms. The molecule has 1 aromatic heterocycles. The van der Waals surface area contributed by atoms with Crippen molar-refractivity contribution in [3.63, 3.8) is 0 Å². The summed E-state index contributed by atoms with van der Waals surface area (Å²) in [5, 5.41) is 3.57. The monoisotopic (exact) mass is 301 g/mol. The number of nitrogens with one attached hydrogen (secondary N) is 1. The number of rotatable bonds is 2. The van der Waals surface area contributed by atoms with Gasteiger partial charge < -0.3 is 10.2 Å². The second-order valence-corrected chi connectivity index (χ2v) is 5.78. The summed E-state index contributed by atoms with van der Waals surface area (Å²) < 4.78 is 0. The summed E-state index contributed by atoms with van der Waals surface area (Å²) in [6.07, 6.45) is 1.87. The highest BCUT2D eigenvalue weighted by Gasteiger charge is 2.25. The van der Waals surface area contributed by atoms with Crippen molar-refractivity contribution in [1.29, 1.82) is 0 Å². The number of carbonyl (C=O) groups is 1. The van der Waals surface area contributed by atoms with E-state index in [1.807, 2.05) is 0 Å². The van der Waals surface area contributed by atoms with E-state index in [-0.39, 0.29) is 22.8 Å². The van der Waals surface area contributed by atoms with Crippen molar-refractivity contribution in [3.05, 3.63) is 28.0 Å². The van der Waals surface area contributed by atoms with Gasteiger partial charge in [0.25, 0.3) is 5.91 Å². The van der Waals surface area contributed by atoms with Crippen molar-refractivity contribution < 1.29 is 4.79 Å². The van der Waals surface area contributed by atoms with Crippen LogP contribution in [0.5, 0.6) is 0 Å². The molecule has 2 heterocycles. The van der Waals surface area contributed by atoms with E-state index in [9.17, 15) is 4.79 Å². The Bertz CT molecular complexity index is 481. The van der Waals surface area contributed by atoms with Crippen LogP contribution in [-0.4, -0.2) is 41.5 Å². The van der Waals surface area contributed by atoms with Gasteiger partial charge in [0, 0.05) is 18.6 Å². The number of piperidine rings is 1. The third-order valence-electron chi connectivity index (χ3n) is 3.57. The zero-order valence-corrected chi connectivity index (χ0v) is 12.5. The van der Waals surface area contributed by atoms with Crippen molar-refractivity contribution >= 4 is 29.1 Å². The molecule has 2 rings (SSSR count). The lowest BCUT2D eigenvalue weighted by Crippen LogP contribution is -2.47. The molecule has 104 valence electrons. The number of hydrogen-bond donors (Lipinski definition) is 1. The molecule has 0 bridgehead atoms. The molecule has 1 amide bonds. The molecule has 2 atom stereocenters. The molecular formula is C13H17Cl2N3O. The van der Waals surface area contributed by atoms with E-state index in [2.05, 4.69) is 29.2 Å². The lowest BCUT2D eigenvalue weighted by molar-refractivity contribution is 0.0891. The first-order valence-electron chi connectivity index (χ1n) is 6.30. The zero-order chi connectivity index (χ0) is 14.0. The Balaban J connectivity index is 2.03. The number of aromatic nitrogens is 1. The third kappa shape index (κ3) is 3.59. The Morgan fingerprint density at radius 2 is 2.21 bits per heavy atom. The molecule has 1 aliphatic heterocycles. The van der Waals surface area contributed by atoms with Gasteiger partial charge in [0.1, 0.15) is 10.8 Å². The SMILES string of the molecule is CC1CC(NC(=O)c2nc(Cl)ccc2Cl)CCN1C. The van der Waals surface area contributed by atoms with E-state index < -0.39 is 0 Å². The number of amides is 1. The van der Waals surface area contributed by atoms with Crippen molar-refractivity contribution in [3.8, 4) is 0 Å².